The van der Waals surface area contributed by atoms with Crippen LogP contribution in [0.3, 0.4) is 0 Å². The van der Waals surface area contributed by atoms with Crippen LogP contribution in [0.4, 0.5) is 13.2 Å². The SMILES string of the molecule is Cc1cc(C(F)(F)F)nn1Cc1nc2c3ccsc3ncn2n1. The van der Waals surface area contributed by atoms with Crippen LogP contribution in [0.1, 0.15) is 17.2 Å². The Morgan fingerprint density at radius 2 is 2.09 bits per heavy atom. The molecule has 0 aliphatic heterocycles. The van der Waals surface area contributed by atoms with Crippen LogP contribution in [-0.4, -0.2) is 29.4 Å². The highest BCUT2D eigenvalue weighted by Gasteiger charge is 2.34. The molecule has 4 aromatic rings. The second-order valence-corrected chi connectivity index (χ2v) is 5.90. The smallest absolute Gasteiger partial charge is 0.262 e. The summed E-state index contributed by atoms with van der Waals surface area (Å²) in [5.74, 6) is 0.380. The van der Waals surface area contributed by atoms with E-state index in [2.05, 4.69) is 20.2 Å². The number of fused-ring (bicyclic) bond motifs is 3. The molecule has 6 nitrogen and oxygen atoms in total. The number of rotatable bonds is 2. The third-order valence-corrected chi connectivity index (χ3v) is 4.23. The Balaban J connectivity index is 1.74. The number of hydrogen-bond donors (Lipinski definition) is 0. The molecule has 0 saturated carbocycles. The van der Waals surface area contributed by atoms with Crippen LogP contribution < -0.4 is 0 Å². The summed E-state index contributed by atoms with van der Waals surface area (Å²) in [4.78, 5) is 9.49. The third-order valence-electron chi connectivity index (χ3n) is 3.41. The Morgan fingerprint density at radius 3 is 2.83 bits per heavy atom. The fraction of sp³-hybridized carbons (Fsp3) is 0.231. The van der Waals surface area contributed by atoms with Gasteiger partial charge in [0.15, 0.2) is 17.2 Å². The fourth-order valence-corrected chi connectivity index (χ4v) is 3.05. The molecule has 0 saturated heterocycles. The van der Waals surface area contributed by atoms with Crippen molar-refractivity contribution in [3.05, 3.63) is 41.1 Å². The van der Waals surface area contributed by atoms with Crippen molar-refractivity contribution in [1.29, 1.82) is 0 Å². The molecule has 118 valence electrons. The van der Waals surface area contributed by atoms with Crippen molar-refractivity contribution in [2.24, 2.45) is 0 Å². The number of alkyl halides is 3. The van der Waals surface area contributed by atoms with Crippen molar-refractivity contribution in [1.82, 2.24) is 29.4 Å². The van der Waals surface area contributed by atoms with Gasteiger partial charge in [-0.15, -0.1) is 16.4 Å². The van der Waals surface area contributed by atoms with Crippen LogP contribution in [0.5, 0.6) is 0 Å². The van der Waals surface area contributed by atoms with E-state index in [1.165, 1.54) is 20.5 Å². The summed E-state index contributed by atoms with van der Waals surface area (Å²) >= 11 is 1.49. The van der Waals surface area contributed by atoms with E-state index in [0.717, 1.165) is 16.3 Å². The van der Waals surface area contributed by atoms with Crippen molar-refractivity contribution in [3.63, 3.8) is 0 Å². The van der Waals surface area contributed by atoms with Gasteiger partial charge in [-0.2, -0.15) is 18.3 Å². The first-order valence-corrected chi connectivity index (χ1v) is 7.49. The van der Waals surface area contributed by atoms with Gasteiger partial charge in [-0.3, -0.25) is 4.68 Å². The summed E-state index contributed by atoms with van der Waals surface area (Å²) in [6.45, 7) is 1.63. The Hall–Kier alpha value is -2.49. The molecule has 0 amide bonds. The van der Waals surface area contributed by atoms with Crippen molar-refractivity contribution in [2.75, 3.05) is 0 Å². The molecular weight excluding hydrogens is 329 g/mol. The number of aromatic nitrogens is 6. The van der Waals surface area contributed by atoms with Gasteiger partial charge in [0.25, 0.3) is 0 Å². The molecule has 10 heteroatoms. The van der Waals surface area contributed by atoms with Crippen LogP contribution >= 0.6 is 11.3 Å². The lowest BCUT2D eigenvalue weighted by atomic mass is 10.3. The second-order valence-electron chi connectivity index (χ2n) is 5.01. The molecular formula is C13H9F3N6S. The van der Waals surface area contributed by atoms with Gasteiger partial charge in [-0.1, -0.05) is 0 Å². The number of halogens is 3. The fourth-order valence-electron chi connectivity index (χ4n) is 2.32. The van der Waals surface area contributed by atoms with E-state index < -0.39 is 11.9 Å². The van der Waals surface area contributed by atoms with E-state index in [-0.39, 0.29) is 6.54 Å². The quantitative estimate of drug-likeness (QED) is 0.564. The van der Waals surface area contributed by atoms with Crippen LogP contribution in [0, 0.1) is 6.92 Å². The van der Waals surface area contributed by atoms with Gasteiger partial charge in [0.1, 0.15) is 17.7 Å². The average Bonchev–Trinajstić information content (AvgIpc) is 3.16. The number of aryl methyl sites for hydroxylation is 1. The van der Waals surface area contributed by atoms with E-state index in [1.54, 1.807) is 13.3 Å². The monoisotopic (exact) mass is 338 g/mol. The summed E-state index contributed by atoms with van der Waals surface area (Å²) < 4.78 is 40.9. The molecule has 0 aromatic carbocycles. The van der Waals surface area contributed by atoms with Crippen molar-refractivity contribution < 1.29 is 13.2 Å². The number of thiophene rings is 1. The van der Waals surface area contributed by atoms with E-state index in [0.29, 0.717) is 17.2 Å². The predicted molar refractivity (Wildman–Crippen MR) is 77.2 cm³/mol. The Labute approximate surface area is 131 Å². The molecule has 0 aliphatic rings. The molecule has 0 unspecified atom stereocenters. The zero-order valence-corrected chi connectivity index (χ0v) is 12.6. The predicted octanol–water partition coefficient (Wildman–Crippen LogP) is 2.91. The van der Waals surface area contributed by atoms with Gasteiger partial charge in [0, 0.05) is 5.69 Å². The average molecular weight is 338 g/mol. The highest BCUT2D eigenvalue weighted by molar-refractivity contribution is 7.16. The highest BCUT2D eigenvalue weighted by Crippen LogP contribution is 2.28. The summed E-state index contributed by atoms with van der Waals surface area (Å²) in [6, 6.07) is 2.90. The first-order chi connectivity index (χ1) is 10.9. The molecule has 0 radical (unpaired) electrons. The molecule has 23 heavy (non-hydrogen) atoms. The lowest BCUT2D eigenvalue weighted by Gasteiger charge is -2.01. The molecule has 0 bridgehead atoms. The molecule has 0 atom stereocenters. The lowest BCUT2D eigenvalue weighted by molar-refractivity contribution is -0.141. The molecule has 4 rings (SSSR count). The van der Waals surface area contributed by atoms with Gasteiger partial charge in [-0.25, -0.2) is 14.5 Å². The Kier molecular flexibility index (Phi) is 2.92. The largest absolute Gasteiger partial charge is 0.435 e. The van der Waals surface area contributed by atoms with Crippen LogP contribution in [0.2, 0.25) is 0 Å². The van der Waals surface area contributed by atoms with Crippen molar-refractivity contribution in [2.45, 2.75) is 19.6 Å². The van der Waals surface area contributed by atoms with Crippen LogP contribution in [0.25, 0.3) is 15.9 Å². The summed E-state index contributed by atoms with van der Waals surface area (Å²) in [5.41, 5.74) is 0.114. The summed E-state index contributed by atoms with van der Waals surface area (Å²) in [5, 5.41) is 10.6. The van der Waals surface area contributed by atoms with Gasteiger partial charge in [0.05, 0.1) is 5.39 Å². The number of nitrogens with zero attached hydrogens (tertiary/aromatic N) is 6. The van der Waals surface area contributed by atoms with Gasteiger partial charge in [-0.05, 0) is 24.4 Å². The minimum absolute atomic E-state index is 0.0647. The first kappa shape index (κ1) is 14.1. The molecule has 0 aliphatic carbocycles. The lowest BCUT2D eigenvalue weighted by Crippen LogP contribution is -2.09. The van der Waals surface area contributed by atoms with E-state index in [9.17, 15) is 13.2 Å². The maximum absolute atomic E-state index is 12.7. The summed E-state index contributed by atoms with van der Waals surface area (Å²) in [6.07, 6.45) is -2.92. The van der Waals surface area contributed by atoms with E-state index >= 15 is 0 Å². The zero-order chi connectivity index (χ0) is 16.2. The van der Waals surface area contributed by atoms with Gasteiger partial charge < -0.3 is 0 Å². The minimum atomic E-state index is -4.46. The van der Waals surface area contributed by atoms with E-state index in [1.807, 2.05) is 11.4 Å². The number of hydrogen-bond acceptors (Lipinski definition) is 5. The highest BCUT2D eigenvalue weighted by atomic mass is 32.1. The topological polar surface area (TPSA) is 60.9 Å². The maximum Gasteiger partial charge on any atom is 0.435 e. The Morgan fingerprint density at radius 1 is 1.26 bits per heavy atom. The minimum Gasteiger partial charge on any atom is -0.262 e. The molecule has 0 fully saturated rings. The Bertz CT molecular complexity index is 1010. The molecule has 0 spiro atoms. The van der Waals surface area contributed by atoms with Crippen molar-refractivity contribution >= 4 is 27.2 Å². The summed E-state index contributed by atoms with van der Waals surface area (Å²) in [7, 11) is 0. The molecule has 0 N–H and O–H groups in total. The second kappa shape index (κ2) is 4.75. The van der Waals surface area contributed by atoms with Gasteiger partial charge >= 0.3 is 6.18 Å². The van der Waals surface area contributed by atoms with E-state index in [4.69, 9.17) is 0 Å². The van der Waals surface area contributed by atoms with Gasteiger partial charge in [0.2, 0.25) is 0 Å². The molecule has 4 heterocycles. The first-order valence-electron chi connectivity index (χ1n) is 6.61. The molecule has 4 aromatic heterocycles. The zero-order valence-electron chi connectivity index (χ0n) is 11.7. The third kappa shape index (κ3) is 2.34. The maximum atomic E-state index is 12.7. The van der Waals surface area contributed by atoms with Crippen LogP contribution in [0.15, 0.2) is 23.8 Å². The van der Waals surface area contributed by atoms with Crippen molar-refractivity contribution in [3.8, 4) is 0 Å². The standard InChI is InChI=1S/C13H9F3N6S/c1-7-4-9(13(14,15)16)19-21(7)5-10-18-11-8-2-3-23-12(8)17-6-22(11)20-10/h2-4,6H,5H2,1H3. The normalized spacial score (nSPS) is 12.5. The van der Waals surface area contributed by atoms with Crippen LogP contribution in [-0.2, 0) is 12.7 Å².